The van der Waals surface area contributed by atoms with Crippen molar-refractivity contribution in [3.63, 3.8) is 0 Å². The zero-order valence-corrected chi connectivity index (χ0v) is 12.9. The van der Waals surface area contributed by atoms with Crippen molar-refractivity contribution in [1.82, 2.24) is 5.32 Å². The fraction of sp³-hybridized carbons (Fsp3) is 0.562. The number of rotatable bonds is 8. The van der Waals surface area contributed by atoms with Gasteiger partial charge in [0.1, 0.15) is 18.2 Å². The van der Waals surface area contributed by atoms with Crippen LogP contribution in [0.5, 0.6) is 5.75 Å². The molecule has 5 nitrogen and oxygen atoms in total. The van der Waals surface area contributed by atoms with E-state index in [0.29, 0.717) is 24.5 Å². The van der Waals surface area contributed by atoms with Gasteiger partial charge in [0, 0.05) is 19.1 Å². The van der Waals surface area contributed by atoms with Crippen LogP contribution in [0.15, 0.2) is 18.2 Å². The standard InChI is InChI=1S/C16H23FN2O3/c1-18-8-2-5-16(20)19-14-10-12(17)6-7-15(14)22-11-13-4-3-9-21-13/h6-7,10,13,18H,2-5,8-9,11H2,1H3,(H,19,20). The summed E-state index contributed by atoms with van der Waals surface area (Å²) in [6.45, 7) is 1.93. The number of amides is 1. The van der Waals surface area contributed by atoms with E-state index in [9.17, 15) is 9.18 Å². The third-order valence-corrected chi connectivity index (χ3v) is 3.50. The molecule has 2 rings (SSSR count). The minimum Gasteiger partial charge on any atom is -0.489 e. The first-order chi connectivity index (χ1) is 10.7. The Morgan fingerprint density at radius 3 is 3.09 bits per heavy atom. The lowest BCUT2D eigenvalue weighted by Crippen LogP contribution is -2.18. The first-order valence-corrected chi connectivity index (χ1v) is 7.67. The Kier molecular flexibility index (Phi) is 6.61. The van der Waals surface area contributed by atoms with Crippen LogP contribution in [0.25, 0.3) is 0 Å². The molecule has 2 N–H and O–H groups in total. The molecule has 0 aliphatic carbocycles. The van der Waals surface area contributed by atoms with E-state index in [1.807, 2.05) is 7.05 Å². The van der Waals surface area contributed by atoms with Gasteiger partial charge in [0.15, 0.2) is 0 Å². The molecular formula is C16H23FN2O3. The van der Waals surface area contributed by atoms with Crippen LogP contribution < -0.4 is 15.4 Å². The zero-order valence-electron chi connectivity index (χ0n) is 12.9. The summed E-state index contributed by atoms with van der Waals surface area (Å²) in [5.74, 6) is -0.0864. The van der Waals surface area contributed by atoms with Gasteiger partial charge in [-0.25, -0.2) is 4.39 Å². The average molecular weight is 310 g/mol. The number of carbonyl (C=O) groups excluding carboxylic acids is 1. The third-order valence-electron chi connectivity index (χ3n) is 3.50. The molecule has 122 valence electrons. The number of carbonyl (C=O) groups is 1. The lowest BCUT2D eigenvalue weighted by atomic mass is 10.2. The predicted octanol–water partition coefficient (Wildman–Crippen LogP) is 2.32. The van der Waals surface area contributed by atoms with Gasteiger partial charge >= 0.3 is 0 Å². The van der Waals surface area contributed by atoms with Crippen molar-refractivity contribution < 1.29 is 18.7 Å². The summed E-state index contributed by atoms with van der Waals surface area (Å²) in [4.78, 5) is 11.9. The van der Waals surface area contributed by atoms with Crippen LogP contribution in [0.3, 0.4) is 0 Å². The minimum absolute atomic E-state index is 0.0734. The van der Waals surface area contributed by atoms with Crippen LogP contribution in [0.4, 0.5) is 10.1 Å². The molecule has 1 aromatic carbocycles. The molecule has 1 aliphatic rings. The summed E-state index contributed by atoms with van der Waals surface area (Å²) < 4.78 is 24.6. The zero-order chi connectivity index (χ0) is 15.8. The molecular weight excluding hydrogens is 287 g/mol. The maximum absolute atomic E-state index is 13.4. The van der Waals surface area contributed by atoms with E-state index in [0.717, 1.165) is 32.4 Å². The lowest BCUT2D eigenvalue weighted by molar-refractivity contribution is -0.116. The molecule has 0 radical (unpaired) electrons. The maximum Gasteiger partial charge on any atom is 0.224 e. The fourth-order valence-electron chi connectivity index (χ4n) is 2.32. The normalized spacial score (nSPS) is 17.5. The summed E-state index contributed by atoms with van der Waals surface area (Å²) in [6, 6.07) is 4.13. The van der Waals surface area contributed by atoms with Gasteiger partial charge in [-0.15, -0.1) is 0 Å². The number of hydrogen-bond acceptors (Lipinski definition) is 4. The molecule has 1 fully saturated rings. The van der Waals surface area contributed by atoms with Crippen LogP contribution in [0.1, 0.15) is 25.7 Å². The molecule has 1 aromatic rings. The molecule has 0 saturated carbocycles. The highest BCUT2D eigenvalue weighted by Gasteiger charge is 2.17. The Morgan fingerprint density at radius 1 is 1.50 bits per heavy atom. The second kappa shape index (κ2) is 8.70. The highest BCUT2D eigenvalue weighted by Crippen LogP contribution is 2.26. The van der Waals surface area contributed by atoms with Crippen molar-refractivity contribution in [3.8, 4) is 5.75 Å². The van der Waals surface area contributed by atoms with Crippen LogP contribution >= 0.6 is 0 Å². The molecule has 0 bridgehead atoms. The van der Waals surface area contributed by atoms with Gasteiger partial charge < -0.3 is 20.1 Å². The Hall–Kier alpha value is -1.66. The summed E-state index contributed by atoms with van der Waals surface area (Å²) in [7, 11) is 1.83. The van der Waals surface area contributed by atoms with Gasteiger partial charge in [-0.1, -0.05) is 0 Å². The highest BCUT2D eigenvalue weighted by atomic mass is 19.1. The van der Waals surface area contributed by atoms with Gasteiger partial charge in [-0.05, 0) is 45.0 Å². The Labute approximate surface area is 130 Å². The second-order valence-corrected chi connectivity index (χ2v) is 5.34. The molecule has 1 aliphatic heterocycles. The van der Waals surface area contributed by atoms with Crippen molar-refractivity contribution in [2.45, 2.75) is 31.8 Å². The molecule has 1 saturated heterocycles. The molecule has 0 aromatic heterocycles. The molecule has 0 spiro atoms. The van der Waals surface area contributed by atoms with E-state index in [-0.39, 0.29) is 12.0 Å². The largest absolute Gasteiger partial charge is 0.489 e. The third kappa shape index (κ3) is 5.27. The SMILES string of the molecule is CNCCCC(=O)Nc1cc(F)ccc1OCC1CCCO1. The first-order valence-electron chi connectivity index (χ1n) is 7.67. The predicted molar refractivity (Wildman–Crippen MR) is 82.7 cm³/mol. The van der Waals surface area contributed by atoms with Crippen LogP contribution in [0.2, 0.25) is 0 Å². The number of nitrogens with one attached hydrogen (secondary N) is 2. The molecule has 1 unspecified atom stereocenters. The monoisotopic (exact) mass is 310 g/mol. The average Bonchev–Trinajstić information content (AvgIpc) is 3.00. The molecule has 22 heavy (non-hydrogen) atoms. The summed E-state index contributed by atoms with van der Waals surface area (Å²) in [5, 5.41) is 5.69. The lowest BCUT2D eigenvalue weighted by Gasteiger charge is -2.15. The van der Waals surface area contributed by atoms with Crippen molar-refractivity contribution in [2.75, 3.05) is 32.1 Å². The quantitative estimate of drug-likeness (QED) is 0.724. The van der Waals surface area contributed by atoms with E-state index in [4.69, 9.17) is 9.47 Å². The van der Waals surface area contributed by atoms with Crippen molar-refractivity contribution in [2.24, 2.45) is 0 Å². The fourth-order valence-corrected chi connectivity index (χ4v) is 2.32. The van der Waals surface area contributed by atoms with E-state index >= 15 is 0 Å². The van der Waals surface area contributed by atoms with Crippen LogP contribution in [-0.4, -0.2) is 38.8 Å². The van der Waals surface area contributed by atoms with Crippen molar-refractivity contribution in [1.29, 1.82) is 0 Å². The highest BCUT2D eigenvalue weighted by molar-refractivity contribution is 5.92. The van der Waals surface area contributed by atoms with Gasteiger partial charge in [0.25, 0.3) is 0 Å². The maximum atomic E-state index is 13.4. The Morgan fingerprint density at radius 2 is 2.36 bits per heavy atom. The minimum atomic E-state index is -0.407. The van der Waals surface area contributed by atoms with E-state index in [2.05, 4.69) is 10.6 Å². The topological polar surface area (TPSA) is 59.6 Å². The number of hydrogen-bond donors (Lipinski definition) is 2. The Bertz CT molecular complexity index is 490. The van der Waals surface area contributed by atoms with Crippen molar-refractivity contribution in [3.05, 3.63) is 24.0 Å². The van der Waals surface area contributed by atoms with E-state index in [1.165, 1.54) is 18.2 Å². The molecule has 1 atom stereocenters. The van der Waals surface area contributed by atoms with Gasteiger partial charge in [0.05, 0.1) is 11.8 Å². The Balaban J connectivity index is 1.92. The molecule has 6 heteroatoms. The second-order valence-electron chi connectivity index (χ2n) is 5.34. The first kappa shape index (κ1) is 16.7. The van der Waals surface area contributed by atoms with Gasteiger partial charge in [0.2, 0.25) is 5.91 Å². The van der Waals surface area contributed by atoms with E-state index in [1.54, 1.807) is 0 Å². The summed E-state index contributed by atoms with van der Waals surface area (Å²) in [5.41, 5.74) is 0.368. The molecule has 1 heterocycles. The molecule has 1 amide bonds. The van der Waals surface area contributed by atoms with E-state index < -0.39 is 5.82 Å². The number of halogens is 1. The van der Waals surface area contributed by atoms with Crippen LogP contribution in [-0.2, 0) is 9.53 Å². The van der Waals surface area contributed by atoms with Gasteiger partial charge in [-0.2, -0.15) is 0 Å². The number of ether oxygens (including phenoxy) is 2. The number of anilines is 1. The van der Waals surface area contributed by atoms with Gasteiger partial charge in [-0.3, -0.25) is 4.79 Å². The number of benzene rings is 1. The summed E-state index contributed by atoms with van der Waals surface area (Å²) >= 11 is 0. The smallest absolute Gasteiger partial charge is 0.224 e. The van der Waals surface area contributed by atoms with Crippen molar-refractivity contribution >= 4 is 11.6 Å². The summed E-state index contributed by atoms with van der Waals surface area (Å²) in [6.07, 6.45) is 3.18. The van der Waals surface area contributed by atoms with Crippen LogP contribution in [0, 0.1) is 5.82 Å².